The third kappa shape index (κ3) is 3.00. The minimum absolute atomic E-state index is 0.0271. The highest BCUT2D eigenvalue weighted by Crippen LogP contribution is 2.19. The molecule has 0 fully saturated rings. The molecule has 21 heavy (non-hydrogen) atoms. The number of pyridine rings is 1. The second-order valence-electron chi connectivity index (χ2n) is 4.63. The standard InChI is InChI=1S/C15H14N2O4/c1-8-6-13(18)11(7-16-8)14(19)17-12-5-3-4-10(9(12)2)15(20)21/h3-7H,1-2H3,(H,16,18)(H,17,19)(H,20,21). The average molecular weight is 286 g/mol. The topological polar surface area (TPSA) is 99.3 Å². The lowest BCUT2D eigenvalue weighted by Gasteiger charge is -2.10. The predicted octanol–water partition coefficient (Wildman–Crippen LogP) is 1.94. The van der Waals surface area contributed by atoms with E-state index in [9.17, 15) is 14.4 Å². The summed E-state index contributed by atoms with van der Waals surface area (Å²) in [6.07, 6.45) is 1.34. The minimum atomic E-state index is -1.07. The van der Waals surface area contributed by atoms with Crippen molar-refractivity contribution in [2.24, 2.45) is 0 Å². The smallest absolute Gasteiger partial charge is 0.336 e. The largest absolute Gasteiger partial charge is 0.478 e. The first-order chi connectivity index (χ1) is 9.90. The fraction of sp³-hybridized carbons (Fsp3) is 0.133. The highest BCUT2D eigenvalue weighted by molar-refractivity contribution is 6.05. The summed E-state index contributed by atoms with van der Waals surface area (Å²) in [7, 11) is 0. The number of amides is 1. The van der Waals surface area contributed by atoms with E-state index >= 15 is 0 Å². The maximum Gasteiger partial charge on any atom is 0.336 e. The summed E-state index contributed by atoms with van der Waals surface area (Å²) in [4.78, 5) is 37.7. The van der Waals surface area contributed by atoms with Crippen molar-refractivity contribution < 1.29 is 14.7 Å². The van der Waals surface area contributed by atoms with E-state index in [1.54, 1.807) is 19.9 Å². The van der Waals surface area contributed by atoms with Crippen LogP contribution in [0.5, 0.6) is 0 Å². The number of rotatable bonds is 3. The van der Waals surface area contributed by atoms with Crippen LogP contribution in [0.1, 0.15) is 32.0 Å². The van der Waals surface area contributed by atoms with Crippen LogP contribution in [0.15, 0.2) is 35.3 Å². The van der Waals surface area contributed by atoms with Crippen LogP contribution in [0.4, 0.5) is 5.69 Å². The number of carbonyl (C=O) groups is 2. The number of H-pyrrole nitrogens is 1. The minimum Gasteiger partial charge on any atom is -0.478 e. The number of aromatic nitrogens is 1. The van der Waals surface area contributed by atoms with Crippen molar-refractivity contribution in [3.05, 3.63) is 63.1 Å². The maximum atomic E-state index is 12.1. The summed E-state index contributed by atoms with van der Waals surface area (Å²) in [5, 5.41) is 11.6. The number of aryl methyl sites for hydroxylation is 1. The van der Waals surface area contributed by atoms with Crippen LogP contribution >= 0.6 is 0 Å². The molecule has 0 bridgehead atoms. The molecule has 2 rings (SSSR count). The molecule has 1 heterocycles. The molecule has 0 atom stereocenters. The lowest BCUT2D eigenvalue weighted by atomic mass is 10.1. The third-order valence-electron chi connectivity index (χ3n) is 3.11. The summed E-state index contributed by atoms with van der Waals surface area (Å²) in [5.74, 6) is -1.65. The number of aromatic amines is 1. The second-order valence-corrected chi connectivity index (χ2v) is 4.63. The van der Waals surface area contributed by atoms with Crippen LogP contribution in [-0.2, 0) is 0 Å². The summed E-state index contributed by atoms with van der Waals surface area (Å²) >= 11 is 0. The molecule has 0 radical (unpaired) electrons. The zero-order valence-electron chi connectivity index (χ0n) is 11.6. The summed E-state index contributed by atoms with van der Waals surface area (Å²) in [6, 6.07) is 5.90. The first-order valence-electron chi connectivity index (χ1n) is 6.23. The average Bonchev–Trinajstić information content (AvgIpc) is 2.40. The van der Waals surface area contributed by atoms with Gasteiger partial charge in [0.15, 0.2) is 5.43 Å². The Morgan fingerprint density at radius 3 is 2.52 bits per heavy atom. The Hall–Kier alpha value is -2.89. The van der Waals surface area contributed by atoms with Crippen LogP contribution in [0.2, 0.25) is 0 Å². The van der Waals surface area contributed by atoms with Crippen molar-refractivity contribution >= 4 is 17.6 Å². The number of carbonyl (C=O) groups excluding carboxylic acids is 1. The fourth-order valence-electron chi connectivity index (χ4n) is 1.94. The number of carboxylic acid groups (broad SMARTS) is 1. The number of anilines is 1. The summed E-state index contributed by atoms with van der Waals surface area (Å²) < 4.78 is 0. The number of benzene rings is 1. The van der Waals surface area contributed by atoms with Gasteiger partial charge in [-0.05, 0) is 31.5 Å². The first-order valence-corrected chi connectivity index (χ1v) is 6.23. The number of hydrogen-bond acceptors (Lipinski definition) is 3. The molecule has 1 aromatic carbocycles. The van der Waals surface area contributed by atoms with Crippen molar-refractivity contribution in [1.82, 2.24) is 4.98 Å². The molecule has 108 valence electrons. The number of nitrogens with one attached hydrogen (secondary N) is 2. The predicted molar refractivity (Wildman–Crippen MR) is 77.9 cm³/mol. The Balaban J connectivity index is 2.34. The van der Waals surface area contributed by atoms with Gasteiger partial charge in [-0.3, -0.25) is 9.59 Å². The van der Waals surface area contributed by atoms with Gasteiger partial charge in [0.2, 0.25) is 0 Å². The molecule has 1 amide bonds. The normalized spacial score (nSPS) is 10.2. The van der Waals surface area contributed by atoms with Gasteiger partial charge in [0.1, 0.15) is 5.56 Å². The lowest BCUT2D eigenvalue weighted by molar-refractivity contribution is 0.0695. The lowest BCUT2D eigenvalue weighted by Crippen LogP contribution is -2.22. The maximum absolute atomic E-state index is 12.1. The van der Waals surface area contributed by atoms with Gasteiger partial charge in [0.05, 0.1) is 5.56 Å². The molecule has 0 aliphatic rings. The Morgan fingerprint density at radius 1 is 1.19 bits per heavy atom. The van der Waals surface area contributed by atoms with Gasteiger partial charge in [-0.25, -0.2) is 4.79 Å². The third-order valence-corrected chi connectivity index (χ3v) is 3.11. The van der Waals surface area contributed by atoms with Gasteiger partial charge in [0.25, 0.3) is 5.91 Å². The van der Waals surface area contributed by atoms with E-state index < -0.39 is 17.3 Å². The highest BCUT2D eigenvalue weighted by atomic mass is 16.4. The SMILES string of the molecule is Cc1cc(=O)c(C(=O)Nc2cccc(C(=O)O)c2C)c[nH]1. The van der Waals surface area contributed by atoms with Crippen molar-refractivity contribution in [3.8, 4) is 0 Å². The van der Waals surface area contributed by atoms with Crippen LogP contribution in [0.25, 0.3) is 0 Å². The molecule has 6 nitrogen and oxygen atoms in total. The van der Waals surface area contributed by atoms with Gasteiger partial charge in [-0.15, -0.1) is 0 Å². The Kier molecular flexibility index (Phi) is 3.89. The van der Waals surface area contributed by atoms with Gasteiger partial charge >= 0.3 is 5.97 Å². The van der Waals surface area contributed by atoms with Crippen molar-refractivity contribution in [2.45, 2.75) is 13.8 Å². The molecule has 0 spiro atoms. The molecule has 2 aromatic rings. The van der Waals surface area contributed by atoms with Crippen LogP contribution in [-0.4, -0.2) is 22.0 Å². The quantitative estimate of drug-likeness (QED) is 0.802. The molecule has 0 aliphatic carbocycles. The molecular weight excluding hydrogens is 272 g/mol. The van der Waals surface area contributed by atoms with E-state index in [-0.39, 0.29) is 11.1 Å². The molecule has 0 saturated heterocycles. The molecule has 6 heteroatoms. The number of hydrogen-bond donors (Lipinski definition) is 3. The molecule has 0 aliphatic heterocycles. The van der Waals surface area contributed by atoms with E-state index in [1.807, 2.05) is 0 Å². The van der Waals surface area contributed by atoms with E-state index in [2.05, 4.69) is 10.3 Å². The Labute approximate surface area is 120 Å². The van der Waals surface area contributed by atoms with E-state index in [1.165, 1.54) is 24.4 Å². The summed E-state index contributed by atoms with van der Waals surface area (Å²) in [5.41, 5.74) is 1.13. The summed E-state index contributed by atoms with van der Waals surface area (Å²) in [6.45, 7) is 3.31. The number of carboxylic acids is 1. The van der Waals surface area contributed by atoms with Gasteiger partial charge in [-0.2, -0.15) is 0 Å². The Bertz CT molecular complexity index is 777. The molecule has 0 unspecified atom stereocenters. The zero-order chi connectivity index (χ0) is 15.6. The fourth-order valence-corrected chi connectivity index (χ4v) is 1.94. The molecule has 3 N–H and O–H groups in total. The molecular formula is C15H14N2O4. The van der Waals surface area contributed by atoms with Crippen molar-refractivity contribution in [2.75, 3.05) is 5.32 Å². The van der Waals surface area contributed by atoms with Gasteiger partial charge in [-0.1, -0.05) is 6.07 Å². The monoisotopic (exact) mass is 286 g/mol. The first kappa shape index (κ1) is 14.5. The van der Waals surface area contributed by atoms with Crippen molar-refractivity contribution in [3.63, 3.8) is 0 Å². The van der Waals surface area contributed by atoms with Crippen LogP contribution in [0.3, 0.4) is 0 Å². The van der Waals surface area contributed by atoms with Gasteiger partial charge < -0.3 is 15.4 Å². The van der Waals surface area contributed by atoms with Crippen LogP contribution in [0, 0.1) is 13.8 Å². The van der Waals surface area contributed by atoms with Crippen LogP contribution < -0.4 is 10.7 Å². The number of aromatic carboxylic acids is 1. The zero-order valence-corrected chi connectivity index (χ0v) is 11.6. The highest BCUT2D eigenvalue weighted by Gasteiger charge is 2.14. The molecule has 1 aromatic heterocycles. The van der Waals surface area contributed by atoms with E-state index in [4.69, 9.17) is 5.11 Å². The van der Waals surface area contributed by atoms with Crippen molar-refractivity contribution in [1.29, 1.82) is 0 Å². The second kappa shape index (κ2) is 5.62. The Morgan fingerprint density at radius 2 is 1.90 bits per heavy atom. The van der Waals surface area contributed by atoms with E-state index in [0.29, 0.717) is 16.9 Å². The molecule has 0 saturated carbocycles. The van der Waals surface area contributed by atoms with Gasteiger partial charge in [0, 0.05) is 23.6 Å². The van der Waals surface area contributed by atoms with E-state index in [0.717, 1.165) is 0 Å².